The molecule has 214 valence electrons. The second-order valence-corrected chi connectivity index (χ2v) is 12.6. The summed E-state index contributed by atoms with van der Waals surface area (Å²) in [6, 6.07) is 16.0. The lowest BCUT2D eigenvalue weighted by Gasteiger charge is -2.32. The molecule has 0 fully saturated rings. The number of benzene rings is 3. The van der Waals surface area contributed by atoms with Gasteiger partial charge in [0.2, 0.25) is 11.8 Å². The summed E-state index contributed by atoms with van der Waals surface area (Å²) in [5.41, 5.74) is 0.627. The highest BCUT2D eigenvalue weighted by Crippen LogP contribution is 2.35. The van der Waals surface area contributed by atoms with Gasteiger partial charge in [0.25, 0.3) is 10.0 Å². The van der Waals surface area contributed by atoms with Crippen LogP contribution in [0.4, 0.5) is 5.69 Å². The van der Waals surface area contributed by atoms with Crippen LogP contribution < -0.4 is 9.62 Å². The first-order valence-corrected chi connectivity index (χ1v) is 15.4. The largest absolute Gasteiger partial charge is 0.352 e. The highest BCUT2D eigenvalue weighted by atomic mass is 35.5. The van der Waals surface area contributed by atoms with E-state index in [9.17, 15) is 18.0 Å². The molecule has 3 aromatic rings. The second-order valence-electron chi connectivity index (χ2n) is 9.16. The molecule has 0 aliphatic carbocycles. The van der Waals surface area contributed by atoms with Gasteiger partial charge in [-0.3, -0.25) is 13.9 Å². The van der Waals surface area contributed by atoms with E-state index in [1.807, 2.05) is 13.8 Å². The molecule has 0 saturated carbocycles. The highest BCUT2D eigenvalue weighted by molar-refractivity contribution is 7.92. The standard InChI is InChI=1S/C28H29Cl4N3O4S/c1-4-18(2)33-28(37)19(3)34(16-20-13-14-22(29)24(31)15-20)26(36)17-35(25-12-8-11-23(30)27(25)32)40(38,39)21-9-6-5-7-10-21/h5-15,18-19H,4,16-17H2,1-3H3,(H,33,37)/t18-,19+/m1/s1. The Kier molecular flexibility index (Phi) is 11.1. The Bertz CT molecular complexity index is 1470. The number of anilines is 1. The van der Waals surface area contributed by atoms with Gasteiger partial charge in [-0.15, -0.1) is 0 Å². The Morgan fingerprint density at radius 3 is 2.17 bits per heavy atom. The molecule has 2 amide bonds. The van der Waals surface area contributed by atoms with Gasteiger partial charge in [-0.05, 0) is 62.2 Å². The van der Waals surface area contributed by atoms with Gasteiger partial charge < -0.3 is 10.2 Å². The number of nitrogens with zero attached hydrogens (tertiary/aromatic N) is 2. The van der Waals surface area contributed by atoms with E-state index in [0.717, 1.165) is 4.31 Å². The lowest BCUT2D eigenvalue weighted by atomic mass is 10.1. The fraction of sp³-hybridized carbons (Fsp3) is 0.286. The van der Waals surface area contributed by atoms with Crippen molar-refractivity contribution in [1.29, 1.82) is 0 Å². The zero-order valence-electron chi connectivity index (χ0n) is 22.1. The minimum absolute atomic E-state index is 0.0255. The number of rotatable bonds is 11. The topological polar surface area (TPSA) is 86.8 Å². The zero-order chi connectivity index (χ0) is 29.6. The molecule has 0 aromatic heterocycles. The number of hydrogen-bond acceptors (Lipinski definition) is 4. The molecular weight excluding hydrogens is 616 g/mol. The normalized spacial score (nSPS) is 12.9. The quantitative estimate of drug-likeness (QED) is 0.248. The molecule has 3 aromatic carbocycles. The average Bonchev–Trinajstić information content (AvgIpc) is 2.93. The summed E-state index contributed by atoms with van der Waals surface area (Å²) in [5.74, 6) is -1.03. The lowest BCUT2D eigenvalue weighted by Crippen LogP contribution is -2.52. The summed E-state index contributed by atoms with van der Waals surface area (Å²) < 4.78 is 28.6. The van der Waals surface area contributed by atoms with Crippen LogP contribution in [0.3, 0.4) is 0 Å². The number of carbonyl (C=O) groups is 2. The van der Waals surface area contributed by atoms with Gasteiger partial charge in [-0.25, -0.2) is 8.42 Å². The van der Waals surface area contributed by atoms with Gasteiger partial charge in [0, 0.05) is 12.6 Å². The van der Waals surface area contributed by atoms with Crippen LogP contribution in [0.25, 0.3) is 0 Å². The minimum atomic E-state index is -4.27. The molecule has 3 rings (SSSR count). The van der Waals surface area contributed by atoms with Crippen LogP contribution in [0, 0.1) is 0 Å². The SMILES string of the molecule is CC[C@@H](C)NC(=O)[C@H](C)N(Cc1ccc(Cl)c(Cl)c1)C(=O)CN(c1cccc(Cl)c1Cl)S(=O)(=O)c1ccccc1. The first-order valence-electron chi connectivity index (χ1n) is 12.4. The summed E-state index contributed by atoms with van der Waals surface area (Å²) in [6.45, 7) is 4.67. The van der Waals surface area contributed by atoms with E-state index < -0.39 is 28.5 Å². The predicted molar refractivity (Wildman–Crippen MR) is 162 cm³/mol. The second kappa shape index (κ2) is 13.9. The van der Waals surface area contributed by atoms with Crippen molar-refractivity contribution in [1.82, 2.24) is 10.2 Å². The fourth-order valence-corrected chi connectivity index (χ4v) is 6.02. The lowest BCUT2D eigenvalue weighted by molar-refractivity contribution is -0.139. The zero-order valence-corrected chi connectivity index (χ0v) is 25.9. The van der Waals surface area contributed by atoms with Crippen LogP contribution >= 0.6 is 46.4 Å². The molecule has 0 spiro atoms. The predicted octanol–water partition coefficient (Wildman–Crippen LogP) is 6.83. The molecule has 2 atom stereocenters. The smallest absolute Gasteiger partial charge is 0.264 e. The number of sulfonamides is 1. The van der Waals surface area contributed by atoms with Gasteiger partial charge in [0.15, 0.2) is 0 Å². The summed E-state index contributed by atoms with van der Waals surface area (Å²) >= 11 is 24.9. The number of nitrogens with one attached hydrogen (secondary N) is 1. The third-order valence-corrected chi connectivity index (χ3v) is 9.64. The first-order chi connectivity index (χ1) is 18.9. The molecule has 0 unspecified atom stereocenters. The van der Waals surface area contributed by atoms with Gasteiger partial charge in [-0.1, -0.05) is 83.7 Å². The van der Waals surface area contributed by atoms with E-state index in [1.54, 1.807) is 43.3 Å². The summed E-state index contributed by atoms with van der Waals surface area (Å²) in [6.07, 6.45) is 0.690. The van der Waals surface area contributed by atoms with Gasteiger partial charge in [0.05, 0.1) is 30.7 Å². The first kappa shape index (κ1) is 32.0. The molecule has 0 aliphatic rings. The molecular formula is C28H29Cl4N3O4S. The van der Waals surface area contributed by atoms with Crippen molar-refractivity contribution >= 4 is 73.9 Å². The molecule has 1 N–H and O–H groups in total. The Balaban J connectivity index is 2.07. The van der Waals surface area contributed by atoms with Crippen molar-refractivity contribution in [2.24, 2.45) is 0 Å². The summed E-state index contributed by atoms with van der Waals surface area (Å²) in [5, 5.41) is 3.58. The van der Waals surface area contributed by atoms with Gasteiger partial charge in [-0.2, -0.15) is 0 Å². The molecule has 0 radical (unpaired) electrons. The fourth-order valence-electron chi connectivity index (χ4n) is 3.80. The van der Waals surface area contributed by atoms with Crippen molar-refractivity contribution in [2.75, 3.05) is 10.8 Å². The minimum Gasteiger partial charge on any atom is -0.352 e. The van der Waals surface area contributed by atoms with Crippen molar-refractivity contribution in [3.63, 3.8) is 0 Å². The van der Waals surface area contributed by atoms with E-state index in [-0.39, 0.29) is 44.1 Å². The van der Waals surface area contributed by atoms with Crippen LogP contribution in [0.15, 0.2) is 71.6 Å². The molecule has 7 nitrogen and oxygen atoms in total. The van der Waals surface area contributed by atoms with Crippen LogP contribution in [0.2, 0.25) is 20.1 Å². The number of halogens is 4. The molecule has 0 aliphatic heterocycles. The van der Waals surface area contributed by atoms with E-state index in [2.05, 4.69) is 5.32 Å². The molecule has 0 heterocycles. The maximum atomic E-state index is 14.0. The number of hydrogen-bond donors (Lipinski definition) is 1. The Morgan fingerprint density at radius 1 is 0.875 bits per heavy atom. The number of carbonyl (C=O) groups excluding carboxylic acids is 2. The molecule has 0 bridgehead atoms. The van der Waals surface area contributed by atoms with E-state index in [1.165, 1.54) is 35.2 Å². The maximum Gasteiger partial charge on any atom is 0.264 e. The Labute approximate surface area is 255 Å². The summed E-state index contributed by atoms with van der Waals surface area (Å²) in [4.78, 5) is 28.3. The van der Waals surface area contributed by atoms with Crippen LogP contribution in [-0.2, 0) is 26.2 Å². The maximum absolute atomic E-state index is 14.0. The molecule has 40 heavy (non-hydrogen) atoms. The van der Waals surface area contributed by atoms with E-state index in [4.69, 9.17) is 46.4 Å². The van der Waals surface area contributed by atoms with Crippen molar-refractivity contribution < 1.29 is 18.0 Å². The van der Waals surface area contributed by atoms with Crippen molar-refractivity contribution in [3.8, 4) is 0 Å². The van der Waals surface area contributed by atoms with Gasteiger partial charge >= 0.3 is 0 Å². The molecule has 0 saturated heterocycles. The average molecular weight is 645 g/mol. The Morgan fingerprint density at radius 2 is 1.55 bits per heavy atom. The molecule has 12 heteroatoms. The monoisotopic (exact) mass is 643 g/mol. The Hall–Kier alpha value is -2.49. The van der Waals surface area contributed by atoms with Crippen molar-refractivity contribution in [2.45, 2.75) is 50.7 Å². The van der Waals surface area contributed by atoms with Crippen molar-refractivity contribution in [3.05, 3.63) is 92.4 Å². The van der Waals surface area contributed by atoms with Crippen LogP contribution in [-0.4, -0.2) is 43.8 Å². The van der Waals surface area contributed by atoms with E-state index >= 15 is 0 Å². The number of amides is 2. The van der Waals surface area contributed by atoms with Gasteiger partial charge in [0.1, 0.15) is 12.6 Å². The van der Waals surface area contributed by atoms with Crippen LogP contribution in [0.5, 0.6) is 0 Å². The summed E-state index contributed by atoms with van der Waals surface area (Å²) in [7, 11) is -4.27. The van der Waals surface area contributed by atoms with E-state index in [0.29, 0.717) is 17.0 Å². The highest BCUT2D eigenvalue weighted by Gasteiger charge is 2.34. The third kappa shape index (κ3) is 7.62. The third-order valence-electron chi connectivity index (χ3n) is 6.32. The van der Waals surface area contributed by atoms with Crippen LogP contribution in [0.1, 0.15) is 32.8 Å².